The fourth-order valence-electron chi connectivity index (χ4n) is 8.01. The van der Waals surface area contributed by atoms with Crippen LogP contribution in [0.5, 0.6) is 0 Å². The van der Waals surface area contributed by atoms with Crippen molar-refractivity contribution in [2.24, 2.45) is 0 Å². The summed E-state index contributed by atoms with van der Waals surface area (Å²) in [4.78, 5) is 12.9. The van der Waals surface area contributed by atoms with Gasteiger partial charge in [0.2, 0.25) is 5.91 Å². The van der Waals surface area contributed by atoms with Crippen molar-refractivity contribution in [2.45, 2.75) is 262 Å². The van der Waals surface area contributed by atoms with Crippen LogP contribution < -0.4 is 5.32 Å². The molecule has 1 aliphatic rings. The number of hydrogen-bond donors (Lipinski definition) is 6. The highest BCUT2D eigenvalue weighted by Gasteiger charge is 2.44. The first-order valence-corrected chi connectivity index (χ1v) is 26.0. The maximum absolute atomic E-state index is 12.9. The molecule has 1 amide bonds. The third-order valence-corrected chi connectivity index (χ3v) is 12.1. The predicted molar refractivity (Wildman–Crippen MR) is 262 cm³/mol. The van der Waals surface area contributed by atoms with Gasteiger partial charge in [0.25, 0.3) is 0 Å². The van der Waals surface area contributed by atoms with Crippen LogP contribution in [-0.2, 0) is 14.3 Å². The molecule has 1 fully saturated rings. The fraction of sp³-hybridized carbons (Fsp3) is 0.796. The number of carbonyl (C=O) groups excluding carboxylic acids is 1. The summed E-state index contributed by atoms with van der Waals surface area (Å²) in [5, 5.41) is 54.1. The number of aliphatic hydroxyl groups excluding tert-OH is 5. The quantitative estimate of drug-likeness (QED) is 0.0262. The van der Waals surface area contributed by atoms with E-state index < -0.39 is 49.5 Å². The molecular weight excluding hydrogens is 791 g/mol. The van der Waals surface area contributed by atoms with Gasteiger partial charge >= 0.3 is 0 Å². The molecule has 0 spiro atoms. The molecule has 0 saturated carbocycles. The second-order valence-electron chi connectivity index (χ2n) is 17.9. The maximum atomic E-state index is 12.9. The molecule has 1 rings (SSSR count). The fourth-order valence-corrected chi connectivity index (χ4v) is 8.01. The first kappa shape index (κ1) is 58.9. The van der Waals surface area contributed by atoms with Gasteiger partial charge in [0.05, 0.1) is 25.4 Å². The van der Waals surface area contributed by atoms with Crippen molar-refractivity contribution in [1.82, 2.24) is 5.32 Å². The molecule has 6 N–H and O–H groups in total. The Hall–Kier alpha value is -2.11. The molecule has 1 saturated heterocycles. The van der Waals surface area contributed by atoms with Crippen LogP contribution in [0.15, 0.2) is 60.8 Å². The normalized spacial score (nSPS) is 20.7. The Bertz CT molecular complexity index is 1170. The summed E-state index contributed by atoms with van der Waals surface area (Å²) in [5.74, 6) is -0.149. The van der Waals surface area contributed by atoms with Crippen molar-refractivity contribution in [1.29, 1.82) is 0 Å². The smallest absolute Gasteiger partial charge is 0.220 e. The van der Waals surface area contributed by atoms with E-state index in [0.717, 1.165) is 70.6 Å². The predicted octanol–water partition coefficient (Wildman–Crippen LogP) is 12.0. The van der Waals surface area contributed by atoms with Crippen LogP contribution in [0, 0.1) is 0 Å². The van der Waals surface area contributed by atoms with Gasteiger partial charge in [0, 0.05) is 6.42 Å². The van der Waals surface area contributed by atoms with E-state index >= 15 is 0 Å². The van der Waals surface area contributed by atoms with Crippen molar-refractivity contribution in [2.75, 3.05) is 13.2 Å². The molecule has 366 valence electrons. The van der Waals surface area contributed by atoms with Crippen molar-refractivity contribution >= 4 is 5.91 Å². The second kappa shape index (κ2) is 43.8. The molecule has 0 aromatic rings. The minimum Gasteiger partial charge on any atom is -0.394 e. The highest BCUT2D eigenvalue weighted by Crippen LogP contribution is 2.23. The van der Waals surface area contributed by atoms with Crippen LogP contribution in [0.1, 0.15) is 219 Å². The molecule has 0 aliphatic carbocycles. The standard InChI is InChI=1S/C54H97NO8/c1-3-5-7-9-11-12-13-14-15-16-17-18-19-20-21-22-23-24-25-26-27-28-29-30-31-32-33-34-35-36-38-40-42-44-50(58)55-47(48(57)43-41-39-37-10-8-6-4-2)46-62-54-53(61)52(60)51(59)49(45-56)63-54/h5,7,11-12,14-15,17-18,20-21,47-49,51-54,56-57,59-61H,3-4,6,8-10,13,16,19,22-46H2,1-2H3,(H,55,58)/b7-5-,12-11-,15-14-,18-17-,21-20-. The average Bonchev–Trinajstić information content (AvgIpc) is 3.28. The number of hydrogen-bond acceptors (Lipinski definition) is 8. The lowest BCUT2D eigenvalue weighted by Gasteiger charge is -2.40. The van der Waals surface area contributed by atoms with Crippen LogP contribution in [0.2, 0.25) is 0 Å². The molecular formula is C54H97NO8. The molecule has 63 heavy (non-hydrogen) atoms. The van der Waals surface area contributed by atoms with Gasteiger partial charge in [-0.3, -0.25) is 4.79 Å². The number of carbonyl (C=O) groups is 1. The van der Waals surface area contributed by atoms with Crippen LogP contribution in [0.25, 0.3) is 0 Å². The Balaban J connectivity index is 2.06. The highest BCUT2D eigenvalue weighted by atomic mass is 16.7. The van der Waals surface area contributed by atoms with Crippen molar-refractivity contribution in [3.05, 3.63) is 60.8 Å². The summed E-state index contributed by atoms with van der Waals surface area (Å²) in [6.45, 7) is 3.67. The summed E-state index contributed by atoms with van der Waals surface area (Å²) in [6, 6.07) is -0.716. The minimum absolute atomic E-state index is 0.139. The number of ether oxygens (including phenoxy) is 2. The zero-order valence-electron chi connectivity index (χ0n) is 40.3. The number of aliphatic hydroxyl groups is 5. The van der Waals surface area contributed by atoms with Crippen LogP contribution in [0.4, 0.5) is 0 Å². The Labute approximate surface area is 386 Å². The Kier molecular flexibility index (Phi) is 40.9. The minimum atomic E-state index is -1.55. The Morgan fingerprint density at radius 2 is 0.984 bits per heavy atom. The topological polar surface area (TPSA) is 149 Å². The summed E-state index contributed by atoms with van der Waals surface area (Å²) >= 11 is 0. The van der Waals surface area contributed by atoms with Gasteiger partial charge in [-0.15, -0.1) is 0 Å². The van der Waals surface area contributed by atoms with Gasteiger partial charge in [-0.05, 0) is 57.8 Å². The van der Waals surface area contributed by atoms with E-state index in [2.05, 4.69) is 79.9 Å². The van der Waals surface area contributed by atoms with Gasteiger partial charge < -0.3 is 40.3 Å². The van der Waals surface area contributed by atoms with Gasteiger partial charge in [0.1, 0.15) is 24.4 Å². The molecule has 7 atom stereocenters. The summed E-state index contributed by atoms with van der Waals surface area (Å²) < 4.78 is 11.2. The van der Waals surface area contributed by atoms with E-state index in [9.17, 15) is 30.3 Å². The summed E-state index contributed by atoms with van der Waals surface area (Å²) in [6.07, 6.45) is 51.4. The molecule has 9 heteroatoms. The number of amides is 1. The Morgan fingerprint density at radius 3 is 1.46 bits per heavy atom. The van der Waals surface area contributed by atoms with Crippen LogP contribution in [0.3, 0.4) is 0 Å². The SMILES string of the molecule is CC/C=C\C/C=C\C/C=C\C/C=C\C/C=C\CCCCCCCCCCCCCCCCCCCC(=O)NC(COC1OC(CO)C(O)C(O)C1O)C(O)CCCCCCCCC. The van der Waals surface area contributed by atoms with Crippen molar-refractivity contribution in [3.63, 3.8) is 0 Å². The largest absolute Gasteiger partial charge is 0.394 e. The van der Waals surface area contributed by atoms with Crippen molar-refractivity contribution in [3.8, 4) is 0 Å². The molecule has 1 heterocycles. The lowest BCUT2D eigenvalue weighted by molar-refractivity contribution is -0.302. The lowest BCUT2D eigenvalue weighted by Crippen LogP contribution is -2.60. The zero-order chi connectivity index (χ0) is 45.9. The molecule has 0 aromatic heterocycles. The molecule has 0 bridgehead atoms. The van der Waals surface area contributed by atoms with Gasteiger partial charge in [-0.2, -0.15) is 0 Å². The van der Waals surface area contributed by atoms with Gasteiger partial charge in [0.15, 0.2) is 6.29 Å². The summed E-state index contributed by atoms with van der Waals surface area (Å²) in [7, 11) is 0. The van der Waals surface area contributed by atoms with E-state index in [1.807, 2.05) is 0 Å². The summed E-state index contributed by atoms with van der Waals surface area (Å²) in [5.41, 5.74) is 0. The molecule has 1 aliphatic heterocycles. The van der Waals surface area contributed by atoms with Gasteiger partial charge in [-0.25, -0.2) is 0 Å². The van der Waals surface area contributed by atoms with E-state index in [-0.39, 0.29) is 12.5 Å². The van der Waals surface area contributed by atoms with E-state index in [0.29, 0.717) is 12.8 Å². The second-order valence-corrected chi connectivity index (χ2v) is 17.9. The molecule has 0 radical (unpaired) electrons. The third kappa shape index (κ3) is 33.9. The number of rotatable bonds is 43. The average molecular weight is 888 g/mol. The third-order valence-electron chi connectivity index (χ3n) is 12.1. The van der Waals surface area contributed by atoms with Crippen molar-refractivity contribution < 1.29 is 39.8 Å². The molecule has 9 nitrogen and oxygen atoms in total. The van der Waals surface area contributed by atoms with E-state index in [1.165, 1.54) is 122 Å². The first-order chi connectivity index (χ1) is 30.8. The van der Waals surface area contributed by atoms with Crippen LogP contribution in [-0.4, -0.2) is 87.5 Å². The Morgan fingerprint density at radius 1 is 0.556 bits per heavy atom. The monoisotopic (exact) mass is 888 g/mol. The zero-order valence-corrected chi connectivity index (χ0v) is 40.3. The lowest BCUT2D eigenvalue weighted by atomic mass is 9.99. The van der Waals surface area contributed by atoms with E-state index in [1.54, 1.807) is 0 Å². The van der Waals surface area contributed by atoms with E-state index in [4.69, 9.17) is 9.47 Å². The maximum Gasteiger partial charge on any atom is 0.220 e. The number of nitrogens with one attached hydrogen (secondary N) is 1. The highest BCUT2D eigenvalue weighted by molar-refractivity contribution is 5.76. The van der Waals surface area contributed by atoms with Crippen LogP contribution >= 0.6 is 0 Å². The molecule has 7 unspecified atom stereocenters. The molecule has 0 aromatic carbocycles. The number of allylic oxidation sites excluding steroid dienone is 10. The number of unbranched alkanes of at least 4 members (excludes halogenated alkanes) is 23. The first-order valence-electron chi connectivity index (χ1n) is 26.0. The van der Waals surface area contributed by atoms with Gasteiger partial charge in [-0.1, -0.05) is 216 Å².